The van der Waals surface area contributed by atoms with E-state index in [0.29, 0.717) is 24.0 Å². The average Bonchev–Trinajstić information content (AvgIpc) is 2.74. The molecule has 1 saturated heterocycles. The lowest BCUT2D eigenvalue weighted by atomic mass is 9.85. The molecule has 0 spiro atoms. The number of nitrogens with zero attached hydrogens (tertiary/aromatic N) is 4. The highest BCUT2D eigenvalue weighted by Gasteiger charge is 2.33. The number of hydrogen-bond donors (Lipinski definition) is 0. The Morgan fingerprint density at radius 3 is 2.70 bits per heavy atom. The minimum atomic E-state index is -0.0967. The van der Waals surface area contributed by atoms with Gasteiger partial charge in [-0.15, -0.1) is 5.10 Å². The van der Waals surface area contributed by atoms with E-state index in [1.807, 2.05) is 17.0 Å². The summed E-state index contributed by atoms with van der Waals surface area (Å²) in [5.74, 6) is 0.315. The molecule has 7 nitrogen and oxygen atoms in total. The highest BCUT2D eigenvalue weighted by atomic mass is 16.5. The number of benzene rings is 1. The lowest BCUT2D eigenvalue weighted by Crippen LogP contribution is -2.45. The van der Waals surface area contributed by atoms with Gasteiger partial charge in [-0.2, -0.15) is 0 Å². The maximum Gasteiger partial charge on any atom is 0.277 e. The molecule has 2 aromatic rings. The minimum absolute atomic E-state index is 0.00302. The number of methoxy groups -OCH3 is 1. The highest BCUT2D eigenvalue weighted by Crippen LogP contribution is 2.29. The minimum Gasteiger partial charge on any atom is -0.381 e. The van der Waals surface area contributed by atoms with Crippen LogP contribution in [0.25, 0.3) is 10.9 Å². The van der Waals surface area contributed by atoms with E-state index in [2.05, 4.69) is 10.3 Å². The first-order valence-corrected chi connectivity index (χ1v) is 9.83. The van der Waals surface area contributed by atoms with Crippen LogP contribution in [-0.4, -0.2) is 52.1 Å². The number of aromatic nitrogens is 3. The summed E-state index contributed by atoms with van der Waals surface area (Å²) in [5.41, 5.74) is 0.525. The molecule has 0 N–H and O–H groups in total. The fourth-order valence-electron chi connectivity index (χ4n) is 4.41. The van der Waals surface area contributed by atoms with Gasteiger partial charge in [0.05, 0.1) is 17.5 Å². The molecule has 27 heavy (non-hydrogen) atoms. The van der Waals surface area contributed by atoms with Crippen LogP contribution in [0.15, 0.2) is 29.1 Å². The van der Waals surface area contributed by atoms with E-state index in [-0.39, 0.29) is 29.5 Å². The van der Waals surface area contributed by atoms with Crippen molar-refractivity contribution in [2.45, 2.75) is 50.7 Å². The molecular formula is C20H26N4O3. The molecule has 1 amide bonds. The van der Waals surface area contributed by atoms with Crippen molar-refractivity contribution in [3.8, 4) is 0 Å². The number of hydrogen-bond acceptors (Lipinski definition) is 5. The first kappa shape index (κ1) is 18.1. The van der Waals surface area contributed by atoms with Gasteiger partial charge in [0.1, 0.15) is 5.52 Å². The van der Waals surface area contributed by atoms with E-state index in [1.165, 1.54) is 4.68 Å². The third kappa shape index (κ3) is 3.60. The van der Waals surface area contributed by atoms with Crippen molar-refractivity contribution in [3.05, 3.63) is 34.6 Å². The van der Waals surface area contributed by atoms with Gasteiger partial charge in [-0.1, -0.05) is 23.8 Å². The standard InChI is InChI=1S/C20H26N4O3/c1-27-16-6-4-5-14(13-16)19(25)23-11-9-15(10-12-23)24-20(26)17-7-2-3-8-18(17)21-22-24/h2-3,7-8,14-16H,4-6,9-13H2,1H3/t14-,16+/m0/s1. The summed E-state index contributed by atoms with van der Waals surface area (Å²) in [6.07, 6.45) is 5.55. The van der Waals surface area contributed by atoms with Gasteiger partial charge in [-0.3, -0.25) is 9.59 Å². The Bertz CT molecular complexity index is 873. The number of likely N-dealkylation sites (tertiary alicyclic amines) is 1. The molecule has 2 aliphatic rings. The Hall–Kier alpha value is -2.28. The first-order chi connectivity index (χ1) is 13.2. The third-order valence-electron chi connectivity index (χ3n) is 6.02. The number of fused-ring (bicyclic) bond motifs is 1. The molecule has 2 heterocycles. The summed E-state index contributed by atoms with van der Waals surface area (Å²) in [6.45, 7) is 1.33. The van der Waals surface area contributed by atoms with E-state index in [0.717, 1.165) is 38.5 Å². The van der Waals surface area contributed by atoms with Gasteiger partial charge in [0.15, 0.2) is 0 Å². The summed E-state index contributed by atoms with van der Waals surface area (Å²) in [4.78, 5) is 27.6. The van der Waals surface area contributed by atoms with Gasteiger partial charge in [0.2, 0.25) is 5.91 Å². The molecule has 1 aliphatic heterocycles. The van der Waals surface area contributed by atoms with Gasteiger partial charge >= 0.3 is 0 Å². The first-order valence-electron chi connectivity index (χ1n) is 9.83. The van der Waals surface area contributed by atoms with Gasteiger partial charge in [0, 0.05) is 26.1 Å². The van der Waals surface area contributed by atoms with Gasteiger partial charge in [0.25, 0.3) is 5.56 Å². The highest BCUT2D eigenvalue weighted by molar-refractivity contribution is 5.79. The van der Waals surface area contributed by atoms with Crippen molar-refractivity contribution in [1.82, 2.24) is 19.9 Å². The zero-order valence-electron chi connectivity index (χ0n) is 15.7. The van der Waals surface area contributed by atoms with E-state index in [4.69, 9.17) is 4.74 Å². The molecular weight excluding hydrogens is 344 g/mol. The number of amides is 1. The smallest absolute Gasteiger partial charge is 0.277 e. The molecule has 0 radical (unpaired) electrons. The van der Waals surface area contributed by atoms with Crippen LogP contribution >= 0.6 is 0 Å². The van der Waals surface area contributed by atoms with Gasteiger partial charge < -0.3 is 9.64 Å². The second kappa shape index (κ2) is 7.76. The molecule has 2 fully saturated rings. The second-order valence-corrected chi connectivity index (χ2v) is 7.63. The summed E-state index contributed by atoms with van der Waals surface area (Å²) >= 11 is 0. The van der Waals surface area contributed by atoms with Crippen molar-refractivity contribution >= 4 is 16.8 Å². The van der Waals surface area contributed by atoms with E-state index < -0.39 is 0 Å². The molecule has 144 valence electrons. The Morgan fingerprint density at radius 1 is 1.15 bits per heavy atom. The topological polar surface area (TPSA) is 77.3 Å². The fraction of sp³-hybridized carbons (Fsp3) is 0.600. The lowest BCUT2D eigenvalue weighted by molar-refractivity contribution is -0.139. The van der Waals surface area contributed by atoms with Crippen molar-refractivity contribution in [2.24, 2.45) is 5.92 Å². The largest absolute Gasteiger partial charge is 0.381 e. The molecule has 0 bridgehead atoms. The van der Waals surface area contributed by atoms with Crippen molar-refractivity contribution in [3.63, 3.8) is 0 Å². The van der Waals surface area contributed by atoms with E-state index in [9.17, 15) is 9.59 Å². The monoisotopic (exact) mass is 370 g/mol. The second-order valence-electron chi connectivity index (χ2n) is 7.63. The molecule has 1 aromatic carbocycles. The van der Waals surface area contributed by atoms with Crippen molar-refractivity contribution in [1.29, 1.82) is 0 Å². The van der Waals surface area contributed by atoms with Crippen LogP contribution in [0.5, 0.6) is 0 Å². The van der Waals surface area contributed by atoms with E-state index >= 15 is 0 Å². The number of carbonyl (C=O) groups excluding carboxylic acids is 1. The molecule has 1 aromatic heterocycles. The normalized spacial score (nSPS) is 24.3. The SMILES string of the molecule is CO[C@@H]1CCC[C@H](C(=O)N2CCC(n3nnc4ccccc4c3=O)CC2)C1. The Balaban J connectivity index is 1.42. The summed E-state index contributed by atoms with van der Waals surface area (Å²) in [6, 6.07) is 7.28. The third-order valence-corrected chi connectivity index (χ3v) is 6.02. The van der Waals surface area contributed by atoms with E-state index in [1.54, 1.807) is 19.2 Å². The van der Waals surface area contributed by atoms with Crippen molar-refractivity contribution < 1.29 is 9.53 Å². The molecule has 1 saturated carbocycles. The van der Waals surface area contributed by atoms with Gasteiger partial charge in [-0.25, -0.2) is 4.68 Å². The number of ether oxygens (including phenoxy) is 1. The van der Waals surface area contributed by atoms with Crippen LogP contribution in [0.4, 0.5) is 0 Å². The molecule has 2 atom stereocenters. The van der Waals surface area contributed by atoms with Gasteiger partial charge in [-0.05, 0) is 44.2 Å². The van der Waals surface area contributed by atoms with Crippen molar-refractivity contribution in [2.75, 3.05) is 20.2 Å². The lowest BCUT2D eigenvalue weighted by Gasteiger charge is -2.36. The Labute approximate surface area is 158 Å². The zero-order valence-corrected chi connectivity index (χ0v) is 15.7. The maximum absolute atomic E-state index is 12.9. The van der Waals surface area contributed by atoms with Crippen LogP contribution < -0.4 is 5.56 Å². The molecule has 0 unspecified atom stereocenters. The zero-order chi connectivity index (χ0) is 18.8. The summed E-state index contributed by atoms with van der Waals surface area (Å²) < 4.78 is 6.96. The van der Waals surface area contributed by atoms with Crippen LogP contribution in [-0.2, 0) is 9.53 Å². The average molecular weight is 370 g/mol. The quantitative estimate of drug-likeness (QED) is 0.827. The maximum atomic E-state index is 12.9. The molecule has 7 heteroatoms. The predicted octanol–water partition coefficient (Wildman–Crippen LogP) is 2.16. The Kier molecular flexibility index (Phi) is 5.20. The summed E-state index contributed by atoms with van der Waals surface area (Å²) in [5, 5.41) is 8.92. The van der Waals surface area contributed by atoms with Crippen LogP contribution in [0.2, 0.25) is 0 Å². The van der Waals surface area contributed by atoms with Crippen LogP contribution in [0, 0.1) is 5.92 Å². The molecule has 4 rings (SSSR count). The summed E-state index contributed by atoms with van der Waals surface area (Å²) in [7, 11) is 1.73. The predicted molar refractivity (Wildman–Crippen MR) is 101 cm³/mol. The number of piperidine rings is 1. The Morgan fingerprint density at radius 2 is 1.93 bits per heavy atom. The fourth-order valence-corrected chi connectivity index (χ4v) is 4.41. The van der Waals surface area contributed by atoms with Crippen LogP contribution in [0.1, 0.15) is 44.6 Å². The number of rotatable bonds is 3. The number of carbonyl (C=O) groups is 1. The van der Waals surface area contributed by atoms with Crippen LogP contribution in [0.3, 0.4) is 0 Å². The molecule has 1 aliphatic carbocycles.